The summed E-state index contributed by atoms with van der Waals surface area (Å²) in [6.07, 6.45) is 0. The minimum Gasteiger partial charge on any atom is -0.504 e. The molecule has 1 aliphatic heterocycles. The van der Waals surface area contributed by atoms with Crippen LogP contribution in [0, 0.1) is 17.2 Å². The number of benzene rings is 2. The Labute approximate surface area is 174 Å². The standard InChI is InChI=1S/C23H22N2O5/c1-4-30-18-11-15(7-10-17(18)26)20-19(21(27)13(2)3)22(28)23(29)25(20)16-8-5-14(12-24)6-9-16/h5-11,13,20,26,28H,4H2,1-3H3. The van der Waals surface area contributed by atoms with Gasteiger partial charge in [-0.2, -0.15) is 5.26 Å². The van der Waals surface area contributed by atoms with E-state index in [0.29, 0.717) is 23.4 Å². The van der Waals surface area contributed by atoms with E-state index in [1.54, 1.807) is 57.2 Å². The molecule has 0 aromatic heterocycles. The average Bonchev–Trinajstić information content (AvgIpc) is 3.00. The van der Waals surface area contributed by atoms with Gasteiger partial charge in [0.25, 0.3) is 5.91 Å². The van der Waals surface area contributed by atoms with Gasteiger partial charge in [-0.25, -0.2) is 0 Å². The van der Waals surface area contributed by atoms with Crippen LogP contribution < -0.4 is 9.64 Å². The highest BCUT2D eigenvalue weighted by Crippen LogP contribution is 2.43. The Hall–Kier alpha value is -3.79. The van der Waals surface area contributed by atoms with Crippen LogP contribution in [0.5, 0.6) is 11.5 Å². The SMILES string of the molecule is CCOc1cc(C2C(C(=O)C(C)C)=C(O)C(=O)N2c2ccc(C#N)cc2)ccc1O. The van der Waals surface area contributed by atoms with Crippen LogP contribution in [-0.2, 0) is 9.59 Å². The number of nitrogens with zero attached hydrogens (tertiary/aromatic N) is 2. The molecule has 154 valence electrons. The highest BCUT2D eigenvalue weighted by atomic mass is 16.5. The largest absolute Gasteiger partial charge is 0.504 e. The number of carbonyl (C=O) groups is 2. The van der Waals surface area contributed by atoms with Crippen molar-refractivity contribution < 1.29 is 24.5 Å². The van der Waals surface area contributed by atoms with E-state index in [1.165, 1.54) is 11.0 Å². The summed E-state index contributed by atoms with van der Waals surface area (Å²) >= 11 is 0. The second-order valence-electron chi connectivity index (χ2n) is 7.18. The van der Waals surface area contributed by atoms with Crippen molar-refractivity contribution in [3.05, 3.63) is 64.9 Å². The number of anilines is 1. The number of ether oxygens (including phenoxy) is 1. The van der Waals surface area contributed by atoms with Crippen LogP contribution in [0.4, 0.5) is 5.69 Å². The Morgan fingerprint density at radius 3 is 2.43 bits per heavy atom. The molecule has 0 spiro atoms. The van der Waals surface area contributed by atoms with Crippen molar-refractivity contribution in [2.45, 2.75) is 26.8 Å². The lowest BCUT2D eigenvalue weighted by molar-refractivity contribution is -0.119. The molecule has 2 aromatic carbocycles. The quantitative estimate of drug-likeness (QED) is 0.755. The summed E-state index contributed by atoms with van der Waals surface area (Å²) in [6.45, 7) is 5.47. The molecule has 1 aliphatic rings. The molecule has 7 heteroatoms. The summed E-state index contributed by atoms with van der Waals surface area (Å²) in [7, 11) is 0. The van der Waals surface area contributed by atoms with Gasteiger partial charge in [0.1, 0.15) is 0 Å². The summed E-state index contributed by atoms with van der Waals surface area (Å²) < 4.78 is 5.45. The maximum atomic E-state index is 13.0. The van der Waals surface area contributed by atoms with E-state index in [9.17, 15) is 19.8 Å². The number of rotatable bonds is 6. The molecule has 0 saturated carbocycles. The summed E-state index contributed by atoms with van der Waals surface area (Å²) in [4.78, 5) is 27.2. The molecule has 3 rings (SSSR count). The number of Topliss-reactive ketones (excluding diaryl/α,β-unsaturated/α-hetero) is 1. The molecule has 0 aliphatic carbocycles. The summed E-state index contributed by atoms with van der Waals surface area (Å²) in [5, 5.41) is 29.7. The molecule has 7 nitrogen and oxygen atoms in total. The topological polar surface area (TPSA) is 111 Å². The van der Waals surface area contributed by atoms with Gasteiger partial charge >= 0.3 is 0 Å². The predicted octanol–water partition coefficient (Wildman–Crippen LogP) is 3.79. The van der Waals surface area contributed by atoms with E-state index in [0.717, 1.165) is 0 Å². The monoisotopic (exact) mass is 406 g/mol. The van der Waals surface area contributed by atoms with Gasteiger partial charge < -0.3 is 14.9 Å². The first-order chi connectivity index (χ1) is 14.3. The summed E-state index contributed by atoms with van der Waals surface area (Å²) in [5.41, 5.74) is 1.34. The Morgan fingerprint density at radius 2 is 1.87 bits per heavy atom. The number of aliphatic hydroxyl groups excluding tert-OH is 1. The van der Waals surface area contributed by atoms with Crippen molar-refractivity contribution in [3.63, 3.8) is 0 Å². The maximum Gasteiger partial charge on any atom is 0.294 e. The number of ketones is 1. The van der Waals surface area contributed by atoms with Crippen molar-refractivity contribution in [2.75, 3.05) is 11.5 Å². The van der Waals surface area contributed by atoms with Gasteiger partial charge in [0.15, 0.2) is 23.0 Å². The Kier molecular flexibility index (Phi) is 5.79. The van der Waals surface area contributed by atoms with Crippen LogP contribution in [0.3, 0.4) is 0 Å². The molecule has 0 radical (unpaired) electrons. The van der Waals surface area contributed by atoms with Crippen molar-refractivity contribution in [1.29, 1.82) is 5.26 Å². The van der Waals surface area contributed by atoms with Crippen LogP contribution in [0.15, 0.2) is 53.8 Å². The zero-order chi connectivity index (χ0) is 22.0. The van der Waals surface area contributed by atoms with Crippen LogP contribution >= 0.6 is 0 Å². The molecule has 1 unspecified atom stereocenters. The molecule has 1 amide bonds. The minimum absolute atomic E-state index is 0.00695. The molecule has 0 saturated heterocycles. The molecule has 2 aromatic rings. The van der Waals surface area contributed by atoms with E-state index in [-0.39, 0.29) is 22.9 Å². The first kappa shape index (κ1) is 20.9. The second-order valence-corrected chi connectivity index (χ2v) is 7.18. The number of hydrogen-bond acceptors (Lipinski definition) is 6. The fraction of sp³-hybridized carbons (Fsp3) is 0.261. The third-order valence-electron chi connectivity index (χ3n) is 4.87. The molecule has 0 fully saturated rings. The van der Waals surface area contributed by atoms with Crippen molar-refractivity contribution in [3.8, 4) is 17.6 Å². The molecule has 0 bridgehead atoms. The van der Waals surface area contributed by atoms with E-state index in [1.807, 2.05) is 6.07 Å². The van der Waals surface area contributed by atoms with Gasteiger partial charge in [-0.3, -0.25) is 14.5 Å². The lowest BCUT2D eigenvalue weighted by Crippen LogP contribution is -2.31. The predicted molar refractivity (Wildman–Crippen MR) is 110 cm³/mol. The van der Waals surface area contributed by atoms with Crippen LogP contribution in [0.2, 0.25) is 0 Å². The average molecular weight is 406 g/mol. The first-order valence-corrected chi connectivity index (χ1v) is 9.56. The number of hydrogen-bond donors (Lipinski definition) is 2. The molecule has 1 atom stereocenters. The van der Waals surface area contributed by atoms with E-state index < -0.39 is 23.6 Å². The van der Waals surface area contributed by atoms with Gasteiger partial charge in [0.05, 0.1) is 29.9 Å². The maximum absolute atomic E-state index is 13.0. The van der Waals surface area contributed by atoms with Gasteiger partial charge in [-0.15, -0.1) is 0 Å². The number of carbonyl (C=O) groups excluding carboxylic acids is 2. The number of aliphatic hydroxyl groups is 1. The number of phenolic OH excluding ortho intramolecular Hbond substituents is 1. The third kappa shape index (κ3) is 3.60. The normalized spacial score (nSPS) is 16.2. The molecule has 1 heterocycles. The minimum atomic E-state index is -0.903. The zero-order valence-corrected chi connectivity index (χ0v) is 16.9. The van der Waals surface area contributed by atoms with E-state index in [2.05, 4.69) is 0 Å². The van der Waals surface area contributed by atoms with Crippen molar-refractivity contribution >= 4 is 17.4 Å². The number of aromatic hydroxyl groups is 1. The molecule has 30 heavy (non-hydrogen) atoms. The highest BCUT2D eigenvalue weighted by molar-refractivity contribution is 6.16. The lowest BCUT2D eigenvalue weighted by Gasteiger charge is -2.27. The second kappa shape index (κ2) is 8.29. The van der Waals surface area contributed by atoms with Crippen LogP contribution in [0.1, 0.15) is 37.9 Å². The Balaban J connectivity index is 2.19. The Bertz CT molecular complexity index is 1060. The van der Waals surface area contributed by atoms with Crippen LogP contribution in [0.25, 0.3) is 0 Å². The number of phenols is 1. The lowest BCUT2D eigenvalue weighted by atomic mass is 9.91. The van der Waals surface area contributed by atoms with Crippen molar-refractivity contribution in [2.24, 2.45) is 5.92 Å². The fourth-order valence-electron chi connectivity index (χ4n) is 3.42. The summed E-state index contributed by atoms with van der Waals surface area (Å²) in [6, 6.07) is 12.0. The number of amides is 1. The molecular formula is C23H22N2O5. The van der Waals surface area contributed by atoms with Gasteiger partial charge in [-0.1, -0.05) is 19.9 Å². The van der Waals surface area contributed by atoms with Gasteiger partial charge in [0, 0.05) is 11.6 Å². The van der Waals surface area contributed by atoms with Gasteiger partial charge in [0.2, 0.25) is 0 Å². The zero-order valence-electron chi connectivity index (χ0n) is 16.9. The smallest absolute Gasteiger partial charge is 0.294 e. The summed E-state index contributed by atoms with van der Waals surface area (Å²) in [5.74, 6) is -1.96. The fourth-order valence-corrected chi connectivity index (χ4v) is 3.42. The number of nitriles is 1. The van der Waals surface area contributed by atoms with Crippen molar-refractivity contribution in [1.82, 2.24) is 0 Å². The molecular weight excluding hydrogens is 384 g/mol. The third-order valence-corrected chi connectivity index (χ3v) is 4.87. The Morgan fingerprint density at radius 1 is 1.20 bits per heavy atom. The highest BCUT2D eigenvalue weighted by Gasteiger charge is 2.45. The molecule has 2 N–H and O–H groups in total. The van der Waals surface area contributed by atoms with Crippen LogP contribution in [-0.4, -0.2) is 28.5 Å². The first-order valence-electron chi connectivity index (χ1n) is 9.56. The van der Waals surface area contributed by atoms with E-state index >= 15 is 0 Å². The van der Waals surface area contributed by atoms with E-state index in [4.69, 9.17) is 10.00 Å². The van der Waals surface area contributed by atoms with Gasteiger partial charge in [-0.05, 0) is 48.9 Å².